The molecule has 4 atom stereocenters. The molecule has 4 amide bonds. The zero-order valence-electron chi connectivity index (χ0n) is 34.5. The topological polar surface area (TPSA) is 347 Å². The molecule has 0 aliphatic carbocycles. The fraction of sp³-hybridized carbons (Fsp3) is 0.361. The van der Waals surface area contributed by atoms with Crippen molar-refractivity contribution in [2.45, 2.75) is 66.6 Å². The van der Waals surface area contributed by atoms with E-state index in [4.69, 9.17) is 10.6 Å². The number of fused-ring (bicyclic) bond motifs is 2. The number of carbonyl (C=O) groups excluding carboxylic acids is 5. The fourth-order valence-electron chi connectivity index (χ4n) is 6.46. The number of pyridine rings is 1. The summed E-state index contributed by atoms with van der Waals surface area (Å²) in [7, 11) is 0. The molecule has 4 aliphatic rings. The van der Waals surface area contributed by atoms with E-state index in [1.165, 1.54) is 81.8 Å². The minimum absolute atomic E-state index is 0.0153. The zero-order chi connectivity index (χ0) is 47.4. The molecule has 6 N–H and O–H groups in total. The molecule has 4 aromatic rings. The number of nitrogen functional groups attached to an aromatic ring is 1. The molecular weight excluding hydrogens is 965 g/mol. The van der Waals surface area contributed by atoms with Crippen LogP contribution in [0.1, 0.15) is 24.5 Å². The van der Waals surface area contributed by atoms with Crippen LogP contribution in [-0.4, -0.2) is 148 Å². The molecule has 4 aliphatic heterocycles. The molecule has 0 aromatic carbocycles. The van der Waals surface area contributed by atoms with E-state index in [9.17, 15) is 48.9 Å². The maximum absolute atomic E-state index is 13.1. The van der Waals surface area contributed by atoms with E-state index >= 15 is 0 Å². The highest BCUT2D eigenvalue weighted by Gasteiger charge is 2.55. The number of thiazole rings is 1. The normalized spacial score (nSPS) is 20.3. The average Bonchev–Trinajstić information content (AvgIpc) is 4.07. The summed E-state index contributed by atoms with van der Waals surface area (Å²) < 4.78 is 3.76. The Balaban J connectivity index is 0.000000202. The number of hydrogen-bond acceptors (Lipinski definition) is 22. The van der Waals surface area contributed by atoms with Crippen molar-refractivity contribution in [3.05, 3.63) is 75.5 Å². The van der Waals surface area contributed by atoms with Gasteiger partial charge in [-0.15, -0.1) is 50.2 Å². The summed E-state index contributed by atoms with van der Waals surface area (Å²) in [4.78, 5) is 97.5. The largest absolute Gasteiger partial charge is 0.543 e. The first kappa shape index (κ1) is 47.5. The number of oxime groups is 1. The lowest BCUT2D eigenvalue weighted by Gasteiger charge is -2.50. The van der Waals surface area contributed by atoms with Gasteiger partial charge in [-0.25, -0.2) is 23.8 Å². The van der Waals surface area contributed by atoms with Crippen molar-refractivity contribution in [2.24, 2.45) is 5.16 Å². The Hall–Kier alpha value is -6.50. The van der Waals surface area contributed by atoms with Crippen molar-refractivity contribution in [2.75, 3.05) is 23.0 Å². The third-order valence-electron chi connectivity index (χ3n) is 9.68. The van der Waals surface area contributed by atoms with Gasteiger partial charge in [0.2, 0.25) is 11.5 Å². The molecule has 0 radical (unpaired) electrons. The molecule has 66 heavy (non-hydrogen) atoms. The predicted octanol–water partition coefficient (Wildman–Crippen LogP) is -1.94. The Morgan fingerprint density at radius 2 is 1.67 bits per heavy atom. The van der Waals surface area contributed by atoms with Gasteiger partial charge >= 0.3 is 11.9 Å². The van der Waals surface area contributed by atoms with Gasteiger partial charge in [0.05, 0.1) is 11.7 Å². The van der Waals surface area contributed by atoms with Gasteiger partial charge < -0.3 is 41.3 Å². The third-order valence-corrected chi connectivity index (χ3v) is 15.1. The van der Waals surface area contributed by atoms with Gasteiger partial charge in [0, 0.05) is 40.3 Å². The van der Waals surface area contributed by atoms with Gasteiger partial charge in [0.15, 0.2) is 34.1 Å². The first-order valence-electron chi connectivity index (χ1n) is 19.1. The van der Waals surface area contributed by atoms with Crippen LogP contribution in [-0.2, 0) is 51.5 Å². The van der Waals surface area contributed by atoms with Gasteiger partial charge in [-0.2, -0.15) is 0 Å². The number of amides is 4. The van der Waals surface area contributed by atoms with Crippen LogP contribution in [0.3, 0.4) is 0 Å². The molecule has 8 rings (SSSR count). The number of rotatable bonds is 16. The van der Waals surface area contributed by atoms with Crippen molar-refractivity contribution < 1.29 is 58.3 Å². The quantitative estimate of drug-likeness (QED) is 0.0268. The minimum atomic E-state index is -1.75. The second-order valence-corrected chi connectivity index (χ2v) is 20.2. The maximum atomic E-state index is 13.1. The number of carbonyl (C=O) groups is 7. The molecule has 4 aromatic heterocycles. The van der Waals surface area contributed by atoms with Crippen molar-refractivity contribution in [1.82, 2.24) is 55.8 Å². The zero-order valence-corrected chi connectivity index (χ0v) is 38.6. The number of nitrogens with two attached hydrogens (primary N) is 1. The smallest absolute Gasteiger partial charge is 0.352 e. The molecule has 25 nitrogen and oxygen atoms in total. The van der Waals surface area contributed by atoms with E-state index in [1.807, 2.05) is 13.0 Å². The summed E-state index contributed by atoms with van der Waals surface area (Å²) in [6.07, 6.45) is 4.84. The summed E-state index contributed by atoms with van der Waals surface area (Å²) in [5.74, 6) is -5.20. The van der Waals surface area contributed by atoms with Crippen LogP contribution in [0.5, 0.6) is 0 Å². The summed E-state index contributed by atoms with van der Waals surface area (Å²) in [6.45, 7) is 4.46. The molecule has 2 fully saturated rings. The second kappa shape index (κ2) is 19.9. The van der Waals surface area contributed by atoms with Gasteiger partial charge in [0.25, 0.3) is 17.7 Å². The van der Waals surface area contributed by atoms with E-state index in [-0.39, 0.29) is 41.0 Å². The van der Waals surface area contributed by atoms with E-state index in [0.29, 0.717) is 28.4 Å². The van der Waals surface area contributed by atoms with Crippen molar-refractivity contribution >= 4 is 110 Å². The van der Waals surface area contributed by atoms with E-state index < -0.39 is 70.0 Å². The maximum Gasteiger partial charge on any atom is 0.352 e. The van der Waals surface area contributed by atoms with Gasteiger partial charge in [-0.3, -0.25) is 29.0 Å². The number of β-lactam (4-membered cyclic amide) rings is 2. The van der Waals surface area contributed by atoms with Gasteiger partial charge in [-0.05, 0) is 36.8 Å². The Morgan fingerprint density at radius 3 is 2.24 bits per heavy atom. The Bertz CT molecular complexity index is 2670. The summed E-state index contributed by atoms with van der Waals surface area (Å²) >= 11 is 6.56. The molecule has 0 spiro atoms. The van der Waals surface area contributed by atoms with Crippen LogP contribution >= 0.6 is 58.0 Å². The van der Waals surface area contributed by atoms with Crippen LogP contribution in [0, 0.1) is 6.92 Å². The predicted molar refractivity (Wildman–Crippen MR) is 232 cm³/mol. The molecule has 2 saturated heterocycles. The standard InChI is InChI=1S/C22H22N6O7S2.C14H14N8O4S3/c1-22(2,20(33)34)35-26-13(12-10-37-21(23)24-12)16(29)25-14-17(30)28-15(19(31)32)11(9-36-18(14)28)8-27-6-4-3-5-7-27;1-6-17-18-14(29-6)28-4-7-3-27-12-9(11(24)22(12)10(7)13(25)26)16-8(23)2-21-5-15-19-20-21/h3-7,10,14,18H,8-9H2,1-2H3,(H4-,23,24,25,29,31,32,33,34);5,9,12H,2-4H2,1H3,(H,16,23)(H,25,26)/b26-13-;/t14-,18-;9-,12-/m11/s1. The lowest BCUT2D eigenvalue weighted by Crippen LogP contribution is -2.71. The number of nitrogens with zero attached hydrogens (tertiary/aromatic N) is 11. The first-order chi connectivity index (χ1) is 31.4. The number of carboxylic acids is 3. The van der Waals surface area contributed by atoms with E-state index in [2.05, 4.69) is 46.5 Å². The third kappa shape index (κ3) is 10.3. The van der Waals surface area contributed by atoms with Gasteiger partial charge in [-0.1, -0.05) is 34.3 Å². The SMILES string of the molecule is CC(C)(O/N=C(\C(=O)N[C@@H]1C(=O)N2C(C(=O)[O-])=C(C[n+]3ccccc3)CS[C@H]12)c1csc(N)n1)C(=O)O.Cc1nnc(SCC2=C(C(=O)O)N3C(=O)[C@@H](NC(=O)Cn4cnnn4)[C@H]3SC2)s1. The van der Waals surface area contributed by atoms with Crippen LogP contribution in [0.4, 0.5) is 5.13 Å². The number of aryl methyl sites for hydroxylation is 1. The number of thioether (sulfide) groups is 3. The monoisotopic (exact) mass is 1000 g/mol. The summed E-state index contributed by atoms with van der Waals surface area (Å²) in [6, 6.07) is 3.58. The summed E-state index contributed by atoms with van der Waals surface area (Å²) in [5.41, 5.74) is 4.46. The minimum Gasteiger partial charge on any atom is -0.543 e. The molecule has 8 heterocycles. The molecule has 0 saturated carbocycles. The van der Waals surface area contributed by atoms with Crippen LogP contribution in [0.15, 0.2) is 74.3 Å². The Morgan fingerprint density at radius 1 is 1.00 bits per heavy atom. The molecule has 30 heteroatoms. The van der Waals surface area contributed by atoms with Crippen molar-refractivity contribution in [1.29, 1.82) is 0 Å². The fourth-order valence-corrected chi connectivity index (χ4v) is 11.6. The summed E-state index contributed by atoms with van der Waals surface area (Å²) in [5, 5.41) is 59.5. The Kier molecular flexibility index (Phi) is 14.3. The van der Waals surface area contributed by atoms with Crippen molar-refractivity contribution in [3.63, 3.8) is 0 Å². The van der Waals surface area contributed by atoms with Crippen molar-refractivity contribution in [3.8, 4) is 0 Å². The number of aliphatic carboxylic acids is 3. The Labute approximate surface area is 392 Å². The van der Waals surface area contributed by atoms with E-state index in [0.717, 1.165) is 25.6 Å². The highest BCUT2D eigenvalue weighted by Crippen LogP contribution is 2.42. The van der Waals surface area contributed by atoms with Crippen LogP contribution < -0.4 is 26.0 Å². The highest BCUT2D eigenvalue weighted by molar-refractivity contribution is 8.02. The number of nitrogens with one attached hydrogen (secondary N) is 2. The lowest BCUT2D eigenvalue weighted by molar-refractivity contribution is -0.689. The number of tetrazole rings is 1. The molecule has 346 valence electrons. The second-order valence-electron chi connectivity index (χ2n) is 14.7. The molecular formula is C36H36N14O11S5. The van der Waals surface area contributed by atoms with Gasteiger partial charge in [0.1, 0.15) is 52.1 Å². The van der Waals surface area contributed by atoms with Crippen LogP contribution in [0.25, 0.3) is 0 Å². The number of aromatic nitrogens is 8. The highest BCUT2D eigenvalue weighted by atomic mass is 32.2. The average molecular weight is 1000 g/mol. The molecule has 0 unspecified atom stereocenters. The first-order valence-corrected chi connectivity index (χ1v) is 23.9. The number of hydrogen-bond donors (Lipinski definition) is 5. The van der Waals surface area contributed by atoms with E-state index in [1.54, 1.807) is 29.1 Å². The van der Waals surface area contributed by atoms with Crippen LogP contribution in [0.2, 0.25) is 0 Å². The number of carboxylic acid groups (broad SMARTS) is 3. The molecule has 0 bridgehead atoms. The lowest BCUT2D eigenvalue weighted by atomic mass is 10.0. The number of anilines is 1.